The topological polar surface area (TPSA) is 67.2 Å². The van der Waals surface area contributed by atoms with Crippen LogP contribution in [0.25, 0.3) is 11.1 Å². The van der Waals surface area contributed by atoms with Crippen molar-refractivity contribution in [3.63, 3.8) is 0 Å². The van der Waals surface area contributed by atoms with Crippen molar-refractivity contribution in [2.24, 2.45) is 7.05 Å². The number of benzene rings is 1. The van der Waals surface area contributed by atoms with E-state index in [1.165, 1.54) is 6.08 Å². The number of anilines is 1. The molecule has 1 saturated heterocycles. The monoisotopic (exact) mass is 324 g/mol. The minimum absolute atomic E-state index is 0.0271. The molecule has 0 atom stereocenters. The van der Waals surface area contributed by atoms with E-state index < -0.39 is 0 Å². The largest absolute Gasteiger partial charge is 0.339 e. The number of rotatable bonds is 4. The predicted molar refractivity (Wildman–Crippen MR) is 92.6 cm³/mol. The number of nitrogens with one attached hydrogen (secondary N) is 1. The molecule has 1 aliphatic rings. The molecule has 0 bridgehead atoms. The van der Waals surface area contributed by atoms with Crippen molar-refractivity contribution < 1.29 is 9.59 Å². The van der Waals surface area contributed by atoms with Crippen molar-refractivity contribution >= 4 is 17.5 Å². The fourth-order valence-corrected chi connectivity index (χ4v) is 2.87. The standard InChI is InChI=1S/C18H20N4O2/c1-3-17(23)20-16-7-6-13(18(24)22-8-4-5-9-22)10-15(16)14-11-19-21(2)12-14/h3,6-7,10-12H,1,4-5,8-9H2,2H3,(H,20,23). The van der Waals surface area contributed by atoms with E-state index in [2.05, 4.69) is 17.0 Å². The van der Waals surface area contributed by atoms with Crippen LogP contribution >= 0.6 is 0 Å². The van der Waals surface area contributed by atoms with Gasteiger partial charge in [-0.3, -0.25) is 14.3 Å². The number of carbonyl (C=O) groups excluding carboxylic acids is 2. The van der Waals surface area contributed by atoms with Gasteiger partial charge in [0, 0.05) is 48.7 Å². The molecule has 1 aliphatic heterocycles. The van der Waals surface area contributed by atoms with Gasteiger partial charge in [0.05, 0.1) is 6.20 Å². The normalized spacial score (nSPS) is 13.8. The molecule has 2 heterocycles. The molecule has 3 rings (SSSR count). The van der Waals surface area contributed by atoms with Crippen LogP contribution in [0.5, 0.6) is 0 Å². The van der Waals surface area contributed by atoms with E-state index in [0.717, 1.165) is 37.1 Å². The Kier molecular flexibility index (Phi) is 4.46. The minimum Gasteiger partial charge on any atom is -0.339 e. The van der Waals surface area contributed by atoms with Crippen LogP contribution in [-0.2, 0) is 11.8 Å². The van der Waals surface area contributed by atoms with Crippen molar-refractivity contribution in [3.8, 4) is 11.1 Å². The maximum absolute atomic E-state index is 12.6. The van der Waals surface area contributed by atoms with Crippen molar-refractivity contribution in [1.29, 1.82) is 0 Å². The summed E-state index contributed by atoms with van der Waals surface area (Å²) in [5.74, 6) is -0.266. The summed E-state index contributed by atoms with van der Waals surface area (Å²) in [5.41, 5.74) is 2.86. The SMILES string of the molecule is C=CC(=O)Nc1ccc(C(=O)N2CCCC2)cc1-c1cnn(C)c1. The molecule has 1 aromatic carbocycles. The van der Waals surface area contributed by atoms with Gasteiger partial charge in [0.15, 0.2) is 0 Å². The Morgan fingerprint density at radius 1 is 1.29 bits per heavy atom. The van der Waals surface area contributed by atoms with Gasteiger partial charge in [-0.25, -0.2) is 0 Å². The number of aromatic nitrogens is 2. The smallest absolute Gasteiger partial charge is 0.253 e. The average Bonchev–Trinajstić information content (AvgIpc) is 3.26. The van der Waals surface area contributed by atoms with E-state index >= 15 is 0 Å². The second-order valence-electron chi connectivity index (χ2n) is 5.86. The van der Waals surface area contributed by atoms with E-state index in [9.17, 15) is 9.59 Å². The average molecular weight is 324 g/mol. The summed E-state index contributed by atoms with van der Waals surface area (Å²) in [4.78, 5) is 26.2. The van der Waals surface area contributed by atoms with Crippen molar-refractivity contribution in [3.05, 3.63) is 48.8 Å². The molecule has 2 amide bonds. The number of carbonyl (C=O) groups is 2. The van der Waals surface area contributed by atoms with Crippen LogP contribution in [-0.4, -0.2) is 39.6 Å². The Morgan fingerprint density at radius 3 is 2.67 bits per heavy atom. The van der Waals surface area contributed by atoms with Crippen LogP contribution in [0.3, 0.4) is 0 Å². The van der Waals surface area contributed by atoms with Gasteiger partial charge in [0.25, 0.3) is 5.91 Å². The molecule has 1 aromatic heterocycles. The number of likely N-dealkylation sites (tertiary alicyclic amines) is 1. The number of nitrogens with zero attached hydrogens (tertiary/aromatic N) is 3. The molecule has 1 N–H and O–H groups in total. The van der Waals surface area contributed by atoms with Gasteiger partial charge in [-0.2, -0.15) is 5.10 Å². The van der Waals surface area contributed by atoms with E-state index in [1.54, 1.807) is 23.0 Å². The Morgan fingerprint density at radius 2 is 2.04 bits per heavy atom. The summed E-state index contributed by atoms with van der Waals surface area (Å²) < 4.78 is 1.68. The highest BCUT2D eigenvalue weighted by molar-refractivity contribution is 6.03. The minimum atomic E-state index is -0.293. The second kappa shape index (κ2) is 6.70. The van der Waals surface area contributed by atoms with Gasteiger partial charge < -0.3 is 10.2 Å². The van der Waals surface area contributed by atoms with Gasteiger partial charge in [-0.05, 0) is 37.1 Å². The van der Waals surface area contributed by atoms with Gasteiger partial charge in [0.1, 0.15) is 0 Å². The molecular formula is C18H20N4O2. The lowest BCUT2D eigenvalue weighted by atomic mass is 10.0. The zero-order chi connectivity index (χ0) is 17.1. The van der Waals surface area contributed by atoms with E-state index in [1.807, 2.05) is 24.2 Å². The zero-order valence-corrected chi connectivity index (χ0v) is 13.7. The Bertz CT molecular complexity index is 788. The molecular weight excluding hydrogens is 304 g/mol. The molecule has 24 heavy (non-hydrogen) atoms. The number of amides is 2. The highest BCUT2D eigenvalue weighted by Crippen LogP contribution is 2.30. The Balaban J connectivity index is 1.99. The Hall–Kier alpha value is -2.89. The Labute approximate surface area is 140 Å². The van der Waals surface area contributed by atoms with E-state index in [-0.39, 0.29) is 11.8 Å². The molecule has 1 fully saturated rings. The third-order valence-electron chi connectivity index (χ3n) is 4.12. The molecule has 0 spiro atoms. The van der Waals surface area contributed by atoms with Gasteiger partial charge in [-0.15, -0.1) is 0 Å². The number of hydrogen-bond donors (Lipinski definition) is 1. The summed E-state index contributed by atoms with van der Waals surface area (Å²) in [7, 11) is 1.82. The van der Waals surface area contributed by atoms with Gasteiger partial charge in [0.2, 0.25) is 5.91 Å². The molecule has 0 aliphatic carbocycles. The lowest BCUT2D eigenvalue weighted by molar-refractivity contribution is -0.111. The molecule has 0 radical (unpaired) electrons. The first-order valence-electron chi connectivity index (χ1n) is 7.94. The summed E-state index contributed by atoms with van der Waals surface area (Å²) in [6.45, 7) is 5.08. The zero-order valence-electron chi connectivity index (χ0n) is 13.7. The van der Waals surface area contributed by atoms with Crippen LogP contribution in [0.15, 0.2) is 43.2 Å². The summed E-state index contributed by atoms with van der Waals surface area (Å²) in [5, 5.41) is 6.96. The summed E-state index contributed by atoms with van der Waals surface area (Å²) in [6, 6.07) is 5.32. The third-order valence-corrected chi connectivity index (χ3v) is 4.12. The van der Waals surface area contributed by atoms with E-state index in [4.69, 9.17) is 0 Å². The first kappa shape index (κ1) is 16.0. The van der Waals surface area contributed by atoms with Crippen LogP contribution in [0.4, 0.5) is 5.69 Å². The number of aryl methyl sites for hydroxylation is 1. The van der Waals surface area contributed by atoms with Crippen molar-refractivity contribution in [1.82, 2.24) is 14.7 Å². The molecule has 2 aromatic rings. The molecule has 6 nitrogen and oxygen atoms in total. The van der Waals surface area contributed by atoms with Gasteiger partial charge >= 0.3 is 0 Å². The maximum Gasteiger partial charge on any atom is 0.253 e. The fourth-order valence-electron chi connectivity index (χ4n) is 2.87. The lowest BCUT2D eigenvalue weighted by Crippen LogP contribution is -2.27. The number of hydrogen-bond acceptors (Lipinski definition) is 3. The molecule has 0 saturated carbocycles. The highest BCUT2D eigenvalue weighted by atomic mass is 16.2. The van der Waals surface area contributed by atoms with Crippen LogP contribution < -0.4 is 5.32 Å². The first-order chi connectivity index (χ1) is 11.6. The maximum atomic E-state index is 12.6. The van der Waals surface area contributed by atoms with Crippen LogP contribution in [0.1, 0.15) is 23.2 Å². The highest BCUT2D eigenvalue weighted by Gasteiger charge is 2.21. The van der Waals surface area contributed by atoms with E-state index in [0.29, 0.717) is 11.3 Å². The summed E-state index contributed by atoms with van der Waals surface area (Å²) in [6.07, 6.45) is 6.88. The van der Waals surface area contributed by atoms with Crippen LogP contribution in [0.2, 0.25) is 0 Å². The van der Waals surface area contributed by atoms with Gasteiger partial charge in [-0.1, -0.05) is 6.58 Å². The first-order valence-corrected chi connectivity index (χ1v) is 7.94. The third kappa shape index (κ3) is 3.22. The van der Waals surface area contributed by atoms with Crippen LogP contribution in [0, 0.1) is 0 Å². The predicted octanol–water partition coefficient (Wildman–Crippen LogP) is 2.45. The lowest BCUT2D eigenvalue weighted by Gasteiger charge is -2.17. The van der Waals surface area contributed by atoms with Crippen molar-refractivity contribution in [2.45, 2.75) is 12.8 Å². The summed E-state index contributed by atoms with van der Waals surface area (Å²) >= 11 is 0. The fraction of sp³-hybridized carbons (Fsp3) is 0.278. The molecule has 6 heteroatoms. The molecule has 124 valence electrons. The van der Waals surface area contributed by atoms with Crippen molar-refractivity contribution in [2.75, 3.05) is 18.4 Å². The quantitative estimate of drug-likeness (QED) is 0.879. The second-order valence-corrected chi connectivity index (χ2v) is 5.86. The molecule has 0 unspecified atom stereocenters.